The van der Waals surface area contributed by atoms with E-state index < -0.39 is 11.5 Å². The number of imidazole rings is 1. The lowest BCUT2D eigenvalue weighted by atomic mass is 10.1. The number of carbonyl (C=O) groups is 1. The number of pyridine rings is 1. The normalized spacial score (nSPS) is 10.5. The molecule has 0 radical (unpaired) electrons. The van der Waals surface area contributed by atoms with Gasteiger partial charge in [-0.3, -0.25) is 14.6 Å². The highest BCUT2D eigenvalue weighted by Gasteiger charge is 2.12. The minimum Gasteiger partial charge on any atom is -0.352 e. The van der Waals surface area contributed by atoms with Crippen LogP contribution in [0.5, 0.6) is 0 Å². The highest BCUT2D eigenvalue weighted by Crippen LogP contribution is 2.14. The summed E-state index contributed by atoms with van der Waals surface area (Å²) in [7, 11) is 0. The van der Waals surface area contributed by atoms with E-state index in [0.717, 1.165) is 18.5 Å². The first-order chi connectivity index (χ1) is 11.7. The number of nitrogens with zero attached hydrogens (tertiary/aromatic N) is 4. The Morgan fingerprint density at radius 2 is 2.04 bits per heavy atom. The van der Waals surface area contributed by atoms with E-state index in [4.69, 9.17) is 0 Å². The highest BCUT2D eigenvalue weighted by molar-refractivity contribution is 5.94. The van der Waals surface area contributed by atoms with Crippen molar-refractivity contribution >= 4 is 5.91 Å². The molecule has 3 rings (SSSR count). The first-order valence-electron chi connectivity index (χ1n) is 7.48. The lowest BCUT2D eigenvalue weighted by Crippen LogP contribution is -2.31. The Balaban J connectivity index is 1.64. The predicted molar refractivity (Wildman–Crippen MR) is 87.3 cm³/mol. The third-order valence-corrected chi connectivity index (χ3v) is 3.46. The van der Waals surface area contributed by atoms with Crippen molar-refractivity contribution in [1.82, 2.24) is 30.0 Å². The third-order valence-electron chi connectivity index (χ3n) is 3.46. The van der Waals surface area contributed by atoms with Gasteiger partial charge in [-0.1, -0.05) is 0 Å². The number of H-pyrrole nitrogens is 1. The zero-order chi connectivity index (χ0) is 16.8. The fraction of sp³-hybridized carbons (Fsp3) is 0.188. The molecule has 0 saturated carbocycles. The molecule has 0 aliphatic heterocycles. The fourth-order valence-electron chi connectivity index (χ4n) is 2.22. The first kappa shape index (κ1) is 15.6. The maximum absolute atomic E-state index is 12.2. The van der Waals surface area contributed by atoms with Gasteiger partial charge in [0.15, 0.2) is 0 Å². The fourth-order valence-corrected chi connectivity index (χ4v) is 2.22. The van der Waals surface area contributed by atoms with Crippen LogP contribution >= 0.6 is 0 Å². The molecular weight excluding hydrogens is 308 g/mol. The summed E-state index contributed by atoms with van der Waals surface area (Å²) in [6.45, 7) is 1.21. The summed E-state index contributed by atoms with van der Waals surface area (Å²) < 4.78 is 1.92. The van der Waals surface area contributed by atoms with E-state index in [1.165, 1.54) is 6.07 Å². The number of aromatic nitrogens is 5. The van der Waals surface area contributed by atoms with Crippen LogP contribution in [0.1, 0.15) is 16.8 Å². The van der Waals surface area contributed by atoms with Crippen LogP contribution in [0.4, 0.5) is 0 Å². The second kappa shape index (κ2) is 7.32. The Hall–Kier alpha value is -3.29. The quantitative estimate of drug-likeness (QED) is 0.654. The largest absolute Gasteiger partial charge is 0.352 e. The van der Waals surface area contributed by atoms with E-state index in [-0.39, 0.29) is 5.56 Å². The summed E-state index contributed by atoms with van der Waals surface area (Å²) in [5.41, 5.74) is 0.815. The lowest BCUT2D eigenvalue weighted by molar-refractivity contribution is 0.0951. The van der Waals surface area contributed by atoms with E-state index in [2.05, 4.69) is 25.5 Å². The van der Waals surface area contributed by atoms with Crippen LogP contribution in [0.2, 0.25) is 0 Å². The Morgan fingerprint density at radius 3 is 2.79 bits per heavy atom. The van der Waals surface area contributed by atoms with Crippen molar-refractivity contribution < 1.29 is 4.79 Å². The molecule has 24 heavy (non-hydrogen) atoms. The van der Waals surface area contributed by atoms with Crippen molar-refractivity contribution in [3.63, 3.8) is 0 Å². The van der Waals surface area contributed by atoms with Crippen molar-refractivity contribution in [2.45, 2.75) is 13.0 Å². The van der Waals surface area contributed by atoms with Crippen molar-refractivity contribution in [1.29, 1.82) is 0 Å². The molecule has 3 aromatic heterocycles. The number of hydrogen-bond donors (Lipinski definition) is 2. The number of aromatic amines is 1. The van der Waals surface area contributed by atoms with Gasteiger partial charge in [-0.2, -0.15) is 5.10 Å². The van der Waals surface area contributed by atoms with Crippen molar-refractivity contribution in [2.75, 3.05) is 6.54 Å². The summed E-state index contributed by atoms with van der Waals surface area (Å²) >= 11 is 0. The average molecular weight is 324 g/mol. The molecule has 3 aromatic rings. The molecule has 0 unspecified atom stereocenters. The molecular formula is C16H16N6O2. The number of amides is 1. The van der Waals surface area contributed by atoms with Crippen molar-refractivity contribution in [3.8, 4) is 11.3 Å². The molecule has 0 fully saturated rings. The van der Waals surface area contributed by atoms with Gasteiger partial charge >= 0.3 is 0 Å². The predicted octanol–water partition coefficient (Wildman–Crippen LogP) is 0.848. The van der Waals surface area contributed by atoms with Crippen molar-refractivity contribution in [2.24, 2.45) is 0 Å². The molecule has 2 N–H and O–H groups in total. The summed E-state index contributed by atoms with van der Waals surface area (Å²) in [5.74, 6) is -0.417. The van der Waals surface area contributed by atoms with Gasteiger partial charge in [0.1, 0.15) is 5.56 Å². The summed E-state index contributed by atoms with van der Waals surface area (Å²) in [5, 5.41) is 9.08. The molecule has 1 amide bonds. The topological polar surface area (TPSA) is 106 Å². The second-order valence-electron chi connectivity index (χ2n) is 5.14. The minimum absolute atomic E-state index is 0.0412. The Bertz CT molecular complexity index is 858. The van der Waals surface area contributed by atoms with Crippen LogP contribution in [-0.4, -0.2) is 37.2 Å². The van der Waals surface area contributed by atoms with Gasteiger partial charge in [0.05, 0.1) is 12.0 Å². The number of hydrogen-bond acceptors (Lipinski definition) is 5. The smallest absolute Gasteiger partial charge is 0.277 e. The van der Waals surface area contributed by atoms with Gasteiger partial charge in [-0.15, -0.1) is 0 Å². The van der Waals surface area contributed by atoms with Crippen LogP contribution in [0, 0.1) is 0 Å². The molecule has 0 atom stereocenters. The van der Waals surface area contributed by atoms with Gasteiger partial charge < -0.3 is 9.88 Å². The Kier molecular flexibility index (Phi) is 4.76. The van der Waals surface area contributed by atoms with Gasteiger partial charge in [-0.25, -0.2) is 10.1 Å². The van der Waals surface area contributed by atoms with Crippen LogP contribution in [0.25, 0.3) is 11.3 Å². The van der Waals surface area contributed by atoms with Gasteiger partial charge in [0.2, 0.25) is 0 Å². The number of carbonyl (C=O) groups excluding carboxylic acids is 1. The molecule has 0 aromatic carbocycles. The molecule has 0 spiro atoms. The maximum atomic E-state index is 12.2. The third kappa shape index (κ3) is 3.72. The molecule has 3 heterocycles. The number of aryl methyl sites for hydroxylation is 1. The SMILES string of the molecule is O=C(NCCCn1ccnc1)c1cc(-c2ccncc2)n[nH]c1=O. The van der Waals surface area contributed by atoms with Gasteiger partial charge in [0, 0.05) is 43.4 Å². The molecule has 8 heteroatoms. The standard InChI is InChI=1S/C16H16N6O2/c23-15(19-4-1-8-22-9-7-18-11-22)13-10-14(20-21-16(13)24)12-2-5-17-6-3-12/h2-3,5-7,9-11H,1,4,8H2,(H,19,23)(H,21,24). The second-order valence-corrected chi connectivity index (χ2v) is 5.14. The lowest BCUT2D eigenvalue weighted by Gasteiger charge is -2.06. The van der Waals surface area contributed by atoms with E-state index in [0.29, 0.717) is 12.2 Å². The molecule has 0 saturated heterocycles. The molecule has 0 bridgehead atoms. The zero-order valence-corrected chi connectivity index (χ0v) is 12.8. The van der Waals surface area contributed by atoms with Crippen LogP contribution < -0.4 is 10.9 Å². The first-order valence-corrected chi connectivity index (χ1v) is 7.48. The Morgan fingerprint density at radius 1 is 1.21 bits per heavy atom. The summed E-state index contributed by atoms with van der Waals surface area (Å²) in [4.78, 5) is 32.0. The zero-order valence-electron chi connectivity index (χ0n) is 12.8. The van der Waals surface area contributed by atoms with E-state index >= 15 is 0 Å². The maximum Gasteiger partial charge on any atom is 0.277 e. The molecule has 8 nitrogen and oxygen atoms in total. The van der Waals surface area contributed by atoms with E-state index in [9.17, 15) is 9.59 Å². The summed E-state index contributed by atoms with van der Waals surface area (Å²) in [6.07, 6.45) is 9.26. The Labute approximate surface area is 137 Å². The van der Waals surface area contributed by atoms with Crippen LogP contribution in [0.15, 0.2) is 54.1 Å². The number of rotatable bonds is 6. The average Bonchev–Trinajstić information content (AvgIpc) is 3.13. The van der Waals surface area contributed by atoms with Crippen LogP contribution in [0.3, 0.4) is 0 Å². The van der Waals surface area contributed by atoms with Crippen LogP contribution in [-0.2, 0) is 6.54 Å². The van der Waals surface area contributed by atoms with Crippen molar-refractivity contribution in [3.05, 3.63) is 65.2 Å². The monoisotopic (exact) mass is 324 g/mol. The number of nitrogens with one attached hydrogen (secondary N) is 2. The van der Waals surface area contributed by atoms with Gasteiger partial charge in [-0.05, 0) is 24.6 Å². The molecule has 0 aliphatic rings. The van der Waals surface area contributed by atoms with E-state index in [1.54, 1.807) is 37.1 Å². The van der Waals surface area contributed by atoms with Gasteiger partial charge in [0.25, 0.3) is 11.5 Å². The molecule has 0 aliphatic carbocycles. The molecule has 122 valence electrons. The minimum atomic E-state index is -0.514. The highest BCUT2D eigenvalue weighted by atomic mass is 16.2. The van der Waals surface area contributed by atoms with E-state index in [1.807, 2.05) is 10.8 Å². The summed E-state index contributed by atoms with van der Waals surface area (Å²) in [6, 6.07) is 5.00.